The number of halogens is 2. The lowest BCUT2D eigenvalue weighted by atomic mass is 10.2. The summed E-state index contributed by atoms with van der Waals surface area (Å²) in [4.78, 5) is 12.4. The number of nitrogens with one attached hydrogen (secondary N) is 1. The molecule has 19 heavy (non-hydrogen) atoms. The number of hydrogen-bond acceptors (Lipinski definition) is 2. The zero-order valence-corrected chi connectivity index (χ0v) is 15.3. The molecular formula is C14H17BrINOS. The van der Waals surface area contributed by atoms with Gasteiger partial charge in [0.2, 0.25) is 0 Å². The lowest BCUT2D eigenvalue weighted by Crippen LogP contribution is -2.39. The van der Waals surface area contributed by atoms with Gasteiger partial charge in [0.05, 0.1) is 5.56 Å². The Morgan fingerprint density at radius 2 is 2.32 bits per heavy atom. The predicted octanol–water partition coefficient (Wildman–Crippen LogP) is 4.46. The van der Waals surface area contributed by atoms with Crippen LogP contribution in [0.15, 0.2) is 22.7 Å². The molecule has 0 aromatic heterocycles. The van der Waals surface area contributed by atoms with E-state index in [9.17, 15) is 4.79 Å². The average Bonchev–Trinajstić information content (AvgIpc) is 2.80. The molecule has 2 unspecified atom stereocenters. The van der Waals surface area contributed by atoms with Gasteiger partial charge in [0, 0.05) is 19.3 Å². The van der Waals surface area contributed by atoms with E-state index < -0.39 is 0 Å². The SMILES string of the molecule is CCSC1CCCC1NC(=O)c1cc(Br)ccc1I. The van der Waals surface area contributed by atoms with Crippen molar-refractivity contribution in [2.24, 2.45) is 0 Å². The van der Waals surface area contributed by atoms with Crippen LogP contribution >= 0.6 is 50.3 Å². The van der Waals surface area contributed by atoms with E-state index in [1.165, 1.54) is 12.8 Å². The van der Waals surface area contributed by atoms with Gasteiger partial charge in [0.1, 0.15) is 0 Å². The quantitative estimate of drug-likeness (QED) is 0.682. The molecule has 1 saturated carbocycles. The van der Waals surface area contributed by atoms with Crippen molar-refractivity contribution < 1.29 is 4.79 Å². The summed E-state index contributed by atoms with van der Waals surface area (Å²) in [5.74, 6) is 1.17. The third-order valence-corrected chi connectivity index (χ3v) is 6.08. The van der Waals surface area contributed by atoms with Crippen LogP contribution < -0.4 is 5.32 Å². The van der Waals surface area contributed by atoms with E-state index in [4.69, 9.17) is 0 Å². The van der Waals surface area contributed by atoms with E-state index in [0.29, 0.717) is 11.3 Å². The summed E-state index contributed by atoms with van der Waals surface area (Å²) in [5, 5.41) is 3.79. The van der Waals surface area contributed by atoms with Crippen LogP contribution in [0, 0.1) is 3.57 Å². The summed E-state index contributed by atoms with van der Waals surface area (Å²) in [6.07, 6.45) is 3.55. The van der Waals surface area contributed by atoms with Crippen LogP contribution in [0.4, 0.5) is 0 Å². The molecule has 0 aliphatic heterocycles. The van der Waals surface area contributed by atoms with Gasteiger partial charge in [-0.3, -0.25) is 4.79 Å². The first kappa shape index (κ1) is 15.6. The fourth-order valence-corrected chi connectivity index (χ4v) is 4.56. The van der Waals surface area contributed by atoms with E-state index in [2.05, 4.69) is 50.8 Å². The molecule has 0 radical (unpaired) electrons. The zero-order chi connectivity index (χ0) is 13.8. The highest BCUT2D eigenvalue weighted by Crippen LogP contribution is 2.30. The van der Waals surface area contributed by atoms with E-state index >= 15 is 0 Å². The molecule has 104 valence electrons. The van der Waals surface area contributed by atoms with Crippen molar-refractivity contribution in [2.75, 3.05) is 5.75 Å². The Bertz CT molecular complexity index is 469. The highest BCUT2D eigenvalue weighted by atomic mass is 127. The van der Waals surface area contributed by atoms with E-state index in [0.717, 1.165) is 25.8 Å². The third kappa shape index (κ3) is 4.11. The van der Waals surface area contributed by atoms with Crippen molar-refractivity contribution in [3.05, 3.63) is 31.8 Å². The Morgan fingerprint density at radius 1 is 1.53 bits per heavy atom. The Balaban J connectivity index is 2.06. The first-order valence-corrected chi connectivity index (χ1v) is 9.41. The molecule has 1 N–H and O–H groups in total. The number of amides is 1. The lowest BCUT2D eigenvalue weighted by molar-refractivity contribution is 0.0937. The van der Waals surface area contributed by atoms with Gasteiger partial charge in [0.25, 0.3) is 5.91 Å². The second-order valence-corrected chi connectivity index (χ2v) is 8.22. The van der Waals surface area contributed by atoms with Gasteiger partial charge in [-0.2, -0.15) is 11.8 Å². The van der Waals surface area contributed by atoms with Crippen LogP contribution in [0.2, 0.25) is 0 Å². The molecule has 1 aliphatic carbocycles. The molecule has 2 rings (SSSR count). The van der Waals surface area contributed by atoms with Crippen LogP contribution in [0.1, 0.15) is 36.5 Å². The minimum absolute atomic E-state index is 0.0549. The number of carbonyl (C=O) groups is 1. The Hall–Kier alpha value is 0.250. The van der Waals surface area contributed by atoms with Gasteiger partial charge >= 0.3 is 0 Å². The minimum Gasteiger partial charge on any atom is -0.348 e. The molecule has 1 aliphatic rings. The Kier molecular flexibility index (Phi) is 6.02. The summed E-state index contributed by atoms with van der Waals surface area (Å²) >= 11 is 7.61. The van der Waals surface area contributed by atoms with Crippen molar-refractivity contribution >= 4 is 56.2 Å². The summed E-state index contributed by atoms with van der Waals surface area (Å²) in [7, 11) is 0. The van der Waals surface area contributed by atoms with Crippen LogP contribution in [0.3, 0.4) is 0 Å². The monoisotopic (exact) mass is 453 g/mol. The van der Waals surface area contributed by atoms with Gasteiger partial charge in [-0.05, 0) is 59.4 Å². The maximum Gasteiger partial charge on any atom is 0.252 e. The topological polar surface area (TPSA) is 29.1 Å². The van der Waals surface area contributed by atoms with E-state index in [-0.39, 0.29) is 5.91 Å². The van der Waals surface area contributed by atoms with Gasteiger partial charge in [0.15, 0.2) is 0 Å². The fourth-order valence-electron chi connectivity index (χ4n) is 2.42. The second kappa shape index (κ2) is 7.31. The number of rotatable bonds is 4. The molecule has 0 saturated heterocycles. The predicted molar refractivity (Wildman–Crippen MR) is 93.9 cm³/mol. The normalized spacial score (nSPS) is 22.5. The largest absolute Gasteiger partial charge is 0.348 e. The number of hydrogen-bond donors (Lipinski definition) is 1. The standard InChI is InChI=1S/C14H17BrINOS/c1-2-19-13-5-3-4-12(13)17-14(18)10-8-9(15)6-7-11(10)16/h6-8,12-13H,2-5H2,1H3,(H,17,18). The van der Waals surface area contributed by atoms with Crippen molar-refractivity contribution in [2.45, 2.75) is 37.5 Å². The first-order chi connectivity index (χ1) is 9.11. The molecule has 1 aromatic carbocycles. The number of carbonyl (C=O) groups excluding carboxylic acids is 1. The number of thioether (sulfide) groups is 1. The molecule has 0 spiro atoms. The van der Waals surface area contributed by atoms with Crippen LogP contribution in [0.25, 0.3) is 0 Å². The van der Waals surface area contributed by atoms with E-state index in [1.807, 2.05) is 30.0 Å². The van der Waals surface area contributed by atoms with Crippen molar-refractivity contribution in [3.63, 3.8) is 0 Å². The van der Waals surface area contributed by atoms with E-state index in [1.54, 1.807) is 0 Å². The molecule has 5 heteroatoms. The lowest BCUT2D eigenvalue weighted by Gasteiger charge is -2.20. The molecule has 1 amide bonds. The van der Waals surface area contributed by atoms with Gasteiger partial charge in [-0.1, -0.05) is 29.3 Å². The smallest absolute Gasteiger partial charge is 0.252 e. The van der Waals surface area contributed by atoms with Crippen molar-refractivity contribution in [1.82, 2.24) is 5.32 Å². The zero-order valence-electron chi connectivity index (χ0n) is 10.8. The molecule has 0 bridgehead atoms. The van der Waals surface area contributed by atoms with Gasteiger partial charge < -0.3 is 5.32 Å². The van der Waals surface area contributed by atoms with Crippen molar-refractivity contribution in [3.8, 4) is 0 Å². The van der Waals surface area contributed by atoms with Crippen LogP contribution in [-0.4, -0.2) is 23.0 Å². The summed E-state index contributed by atoms with van der Waals surface area (Å²) in [5.41, 5.74) is 0.766. The molecule has 0 heterocycles. The molecule has 2 nitrogen and oxygen atoms in total. The second-order valence-electron chi connectivity index (χ2n) is 4.63. The Morgan fingerprint density at radius 3 is 3.05 bits per heavy atom. The average molecular weight is 454 g/mol. The highest BCUT2D eigenvalue weighted by Gasteiger charge is 2.29. The summed E-state index contributed by atoms with van der Waals surface area (Å²) < 4.78 is 1.94. The summed E-state index contributed by atoms with van der Waals surface area (Å²) in [6, 6.07) is 6.15. The van der Waals surface area contributed by atoms with Gasteiger partial charge in [-0.15, -0.1) is 0 Å². The maximum atomic E-state index is 12.4. The minimum atomic E-state index is 0.0549. The molecule has 1 aromatic rings. The highest BCUT2D eigenvalue weighted by molar-refractivity contribution is 14.1. The first-order valence-electron chi connectivity index (χ1n) is 6.49. The van der Waals surface area contributed by atoms with Crippen LogP contribution in [0.5, 0.6) is 0 Å². The Labute approximate surface area is 140 Å². The van der Waals surface area contributed by atoms with Crippen LogP contribution in [-0.2, 0) is 0 Å². The maximum absolute atomic E-state index is 12.4. The summed E-state index contributed by atoms with van der Waals surface area (Å²) in [6.45, 7) is 2.18. The molecule has 2 atom stereocenters. The third-order valence-electron chi connectivity index (χ3n) is 3.32. The van der Waals surface area contributed by atoms with Crippen molar-refractivity contribution in [1.29, 1.82) is 0 Å². The number of benzene rings is 1. The van der Waals surface area contributed by atoms with Gasteiger partial charge in [-0.25, -0.2) is 0 Å². The molecular weight excluding hydrogens is 437 g/mol. The fraction of sp³-hybridized carbons (Fsp3) is 0.500. The molecule has 1 fully saturated rings.